The maximum Gasteiger partial charge on any atom is 0.256 e. The highest BCUT2D eigenvalue weighted by Crippen LogP contribution is 2.40. The Bertz CT molecular complexity index is 1330. The zero-order valence-corrected chi connectivity index (χ0v) is 19.8. The van der Waals surface area contributed by atoms with E-state index in [1.54, 1.807) is 19.1 Å². The van der Waals surface area contributed by atoms with Crippen LogP contribution in [0.5, 0.6) is 5.75 Å². The van der Waals surface area contributed by atoms with Gasteiger partial charge in [-0.05, 0) is 50.1 Å². The first-order valence-electron chi connectivity index (χ1n) is 11.5. The lowest BCUT2D eigenvalue weighted by Gasteiger charge is -2.27. The van der Waals surface area contributed by atoms with Gasteiger partial charge < -0.3 is 14.8 Å². The summed E-state index contributed by atoms with van der Waals surface area (Å²) in [7, 11) is -3.82. The van der Waals surface area contributed by atoms with Crippen LogP contribution in [0, 0.1) is 0 Å². The van der Waals surface area contributed by atoms with Gasteiger partial charge in [0.15, 0.2) is 0 Å². The van der Waals surface area contributed by atoms with Crippen LogP contribution in [0.2, 0.25) is 0 Å². The maximum absolute atomic E-state index is 13.4. The van der Waals surface area contributed by atoms with Crippen molar-refractivity contribution >= 4 is 32.5 Å². The third-order valence-corrected chi connectivity index (χ3v) is 7.99. The van der Waals surface area contributed by atoms with Gasteiger partial charge in [0.05, 0.1) is 30.9 Å². The van der Waals surface area contributed by atoms with Crippen LogP contribution in [0.4, 0.5) is 5.69 Å². The summed E-state index contributed by atoms with van der Waals surface area (Å²) in [6, 6.07) is 14.1. The average molecular weight is 482 g/mol. The number of carbonyl (C=O) groups is 1. The number of benzene rings is 2. The molecular weight excluding hydrogens is 454 g/mol. The Morgan fingerprint density at radius 2 is 1.91 bits per heavy atom. The van der Waals surface area contributed by atoms with Crippen molar-refractivity contribution in [2.24, 2.45) is 0 Å². The molecule has 0 spiro atoms. The maximum atomic E-state index is 13.4. The van der Waals surface area contributed by atoms with Gasteiger partial charge in [-0.15, -0.1) is 0 Å². The van der Waals surface area contributed by atoms with Gasteiger partial charge in [0, 0.05) is 35.8 Å². The molecule has 178 valence electrons. The van der Waals surface area contributed by atoms with Crippen molar-refractivity contribution in [3.63, 3.8) is 0 Å². The number of nitrogens with one attached hydrogen (secondary N) is 1. The number of morpholine rings is 1. The van der Waals surface area contributed by atoms with Crippen LogP contribution in [-0.2, 0) is 14.8 Å². The van der Waals surface area contributed by atoms with Crippen LogP contribution in [0.15, 0.2) is 53.4 Å². The molecule has 1 aliphatic heterocycles. The number of ether oxygens (including phenoxy) is 2. The summed E-state index contributed by atoms with van der Waals surface area (Å²) < 4.78 is 39.0. The van der Waals surface area contributed by atoms with Gasteiger partial charge in [-0.3, -0.25) is 9.78 Å². The van der Waals surface area contributed by atoms with E-state index in [2.05, 4.69) is 5.32 Å². The van der Waals surface area contributed by atoms with E-state index in [4.69, 9.17) is 14.5 Å². The lowest BCUT2D eigenvalue weighted by molar-refractivity contribution is 0.0729. The van der Waals surface area contributed by atoms with Crippen LogP contribution in [0.1, 0.15) is 41.7 Å². The fourth-order valence-corrected chi connectivity index (χ4v) is 5.72. The van der Waals surface area contributed by atoms with E-state index >= 15 is 0 Å². The zero-order valence-electron chi connectivity index (χ0n) is 19.0. The smallest absolute Gasteiger partial charge is 0.256 e. The van der Waals surface area contributed by atoms with Crippen molar-refractivity contribution in [2.45, 2.75) is 30.6 Å². The summed E-state index contributed by atoms with van der Waals surface area (Å²) in [5, 5.41) is 3.65. The van der Waals surface area contributed by atoms with Crippen molar-refractivity contribution in [1.29, 1.82) is 0 Å². The summed E-state index contributed by atoms with van der Waals surface area (Å²) in [6.45, 7) is 3.36. The highest BCUT2D eigenvalue weighted by molar-refractivity contribution is 7.89. The topological polar surface area (TPSA) is 97.8 Å². The Kier molecular flexibility index (Phi) is 6.24. The summed E-state index contributed by atoms with van der Waals surface area (Å²) in [6.07, 6.45) is 2.15. The molecule has 2 aliphatic rings. The van der Waals surface area contributed by atoms with Crippen molar-refractivity contribution < 1.29 is 22.7 Å². The predicted molar refractivity (Wildman–Crippen MR) is 129 cm³/mol. The van der Waals surface area contributed by atoms with E-state index < -0.39 is 10.0 Å². The number of hydrogen-bond acceptors (Lipinski definition) is 6. The standard InChI is InChI=1S/C25H27N3O5S/c1-2-33-23-10-9-18(15-24(23)34(30,31)28-11-13-32-14-12-28)26-25(29)20-16-22(17-7-8-17)27-21-6-4-3-5-19(20)21/h3-6,9-10,15-17H,2,7-8,11-14H2,1H3,(H,26,29). The second-order valence-corrected chi connectivity index (χ2v) is 10.4. The number of hydrogen-bond donors (Lipinski definition) is 1. The molecule has 1 saturated carbocycles. The fraction of sp³-hybridized carbons (Fsp3) is 0.360. The molecule has 0 unspecified atom stereocenters. The van der Waals surface area contributed by atoms with Gasteiger partial charge in [-0.1, -0.05) is 18.2 Å². The first kappa shape index (κ1) is 22.8. The number of para-hydroxylation sites is 1. The van der Waals surface area contributed by atoms with Crippen LogP contribution in [-0.4, -0.2) is 56.5 Å². The van der Waals surface area contributed by atoms with E-state index in [0.29, 0.717) is 37.0 Å². The van der Waals surface area contributed by atoms with Crippen LogP contribution in [0.3, 0.4) is 0 Å². The number of aromatic nitrogens is 1. The SMILES string of the molecule is CCOc1ccc(NC(=O)c2cc(C3CC3)nc3ccccc23)cc1S(=O)(=O)N1CCOCC1. The number of sulfonamides is 1. The second kappa shape index (κ2) is 9.32. The predicted octanol–water partition coefficient (Wildman–Crippen LogP) is 3.78. The summed E-state index contributed by atoms with van der Waals surface area (Å²) >= 11 is 0. The summed E-state index contributed by atoms with van der Waals surface area (Å²) in [5.41, 5.74) is 2.61. The normalized spacial score (nSPS) is 17.0. The van der Waals surface area contributed by atoms with Crippen molar-refractivity contribution in [3.8, 4) is 5.75 Å². The van der Waals surface area contributed by atoms with Gasteiger partial charge in [0.1, 0.15) is 10.6 Å². The third-order valence-electron chi connectivity index (χ3n) is 6.07. The van der Waals surface area contributed by atoms with Crippen LogP contribution in [0.25, 0.3) is 10.9 Å². The number of carbonyl (C=O) groups excluding carboxylic acids is 1. The lowest BCUT2D eigenvalue weighted by atomic mass is 10.1. The number of fused-ring (bicyclic) bond motifs is 1. The van der Waals surface area contributed by atoms with E-state index in [0.717, 1.165) is 29.4 Å². The van der Waals surface area contributed by atoms with Crippen LogP contribution >= 0.6 is 0 Å². The Labute approximate surface area is 198 Å². The Morgan fingerprint density at radius 1 is 1.15 bits per heavy atom. The van der Waals surface area contributed by atoms with E-state index in [9.17, 15) is 13.2 Å². The van der Waals surface area contributed by atoms with Crippen molar-refractivity contribution in [3.05, 3.63) is 59.8 Å². The van der Waals surface area contributed by atoms with Gasteiger partial charge in [0.2, 0.25) is 10.0 Å². The Hall–Kier alpha value is -3.01. The molecule has 1 amide bonds. The summed E-state index contributed by atoms with van der Waals surface area (Å²) in [4.78, 5) is 18.1. The molecule has 1 aliphatic carbocycles. The number of anilines is 1. The van der Waals surface area contributed by atoms with Gasteiger partial charge >= 0.3 is 0 Å². The lowest BCUT2D eigenvalue weighted by Crippen LogP contribution is -2.40. The Balaban J connectivity index is 1.49. The first-order chi connectivity index (χ1) is 16.5. The van der Waals surface area contributed by atoms with Gasteiger partial charge in [-0.25, -0.2) is 8.42 Å². The monoisotopic (exact) mass is 481 g/mol. The molecule has 2 aromatic carbocycles. The molecule has 2 fully saturated rings. The molecule has 9 heteroatoms. The van der Waals surface area contributed by atoms with Crippen molar-refractivity contribution in [1.82, 2.24) is 9.29 Å². The molecule has 0 radical (unpaired) electrons. The zero-order chi connectivity index (χ0) is 23.7. The number of amides is 1. The minimum absolute atomic E-state index is 0.0345. The molecule has 1 N–H and O–H groups in total. The van der Waals surface area contributed by atoms with Crippen molar-refractivity contribution in [2.75, 3.05) is 38.2 Å². The quantitative estimate of drug-likeness (QED) is 0.552. The Morgan fingerprint density at radius 3 is 2.65 bits per heavy atom. The molecule has 0 atom stereocenters. The molecule has 3 aromatic rings. The van der Waals surface area contributed by atoms with Gasteiger partial charge in [0.25, 0.3) is 5.91 Å². The van der Waals surface area contributed by atoms with E-state index in [1.807, 2.05) is 30.3 Å². The van der Waals surface area contributed by atoms with E-state index in [-0.39, 0.29) is 29.6 Å². The summed E-state index contributed by atoms with van der Waals surface area (Å²) in [5.74, 6) is 0.351. The molecule has 5 rings (SSSR count). The highest BCUT2D eigenvalue weighted by Gasteiger charge is 2.30. The minimum atomic E-state index is -3.82. The molecule has 34 heavy (non-hydrogen) atoms. The number of pyridine rings is 1. The molecular formula is C25H27N3O5S. The van der Waals surface area contributed by atoms with E-state index in [1.165, 1.54) is 10.4 Å². The first-order valence-corrected chi connectivity index (χ1v) is 13.0. The number of rotatable bonds is 7. The fourth-order valence-electron chi connectivity index (χ4n) is 4.16. The molecule has 1 aromatic heterocycles. The number of nitrogens with zero attached hydrogens (tertiary/aromatic N) is 2. The third kappa shape index (κ3) is 4.51. The molecule has 8 nitrogen and oxygen atoms in total. The largest absolute Gasteiger partial charge is 0.492 e. The molecule has 0 bridgehead atoms. The molecule has 1 saturated heterocycles. The average Bonchev–Trinajstić information content (AvgIpc) is 3.70. The minimum Gasteiger partial charge on any atom is -0.492 e. The molecule has 2 heterocycles. The second-order valence-electron chi connectivity index (χ2n) is 8.45. The van der Waals surface area contributed by atoms with Gasteiger partial charge in [-0.2, -0.15) is 4.31 Å². The highest BCUT2D eigenvalue weighted by atomic mass is 32.2. The van der Waals surface area contributed by atoms with Crippen LogP contribution < -0.4 is 10.1 Å².